The molecule has 1 fully saturated rings. The predicted octanol–water partition coefficient (Wildman–Crippen LogP) is 2.82. The molecule has 0 radical (unpaired) electrons. The van der Waals surface area contributed by atoms with Crippen molar-refractivity contribution < 1.29 is 4.79 Å². The fourth-order valence-corrected chi connectivity index (χ4v) is 3.18. The standard InChI is InChI=1S/C21H35N5O/c1-5-12-26-13-10-19(11-14-26)25-21(22-4)23-15-17-6-8-18(9-7-17)24-20(27)16(2)3/h6-9,16,19H,5,10-15H2,1-4H3,(H,24,27)(H2,22,23,25). The van der Waals surface area contributed by atoms with Gasteiger partial charge in [-0.25, -0.2) is 0 Å². The Balaban J connectivity index is 1.76. The van der Waals surface area contributed by atoms with E-state index in [1.807, 2.05) is 45.2 Å². The van der Waals surface area contributed by atoms with Crippen LogP contribution in [-0.2, 0) is 11.3 Å². The molecule has 1 heterocycles. The molecular weight excluding hydrogens is 338 g/mol. The van der Waals surface area contributed by atoms with Crippen molar-refractivity contribution >= 4 is 17.6 Å². The van der Waals surface area contributed by atoms with Gasteiger partial charge < -0.3 is 20.9 Å². The van der Waals surface area contributed by atoms with Crippen LogP contribution in [0.2, 0.25) is 0 Å². The highest BCUT2D eigenvalue weighted by Crippen LogP contribution is 2.12. The molecular formula is C21H35N5O. The number of nitrogens with one attached hydrogen (secondary N) is 3. The second-order valence-corrected chi connectivity index (χ2v) is 7.53. The third kappa shape index (κ3) is 7.21. The van der Waals surface area contributed by atoms with E-state index in [1.165, 1.54) is 13.0 Å². The third-order valence-corrected chi connectivity index (χ3v) is 4.90. The van der Waals surface area contributed by atoms with E-state index in [4.69, 9.17) is 0 Å². The molecule has 150 valence electrons. The van der Waals surface area contributed by atoms with Crippen molar-refractivity contribution in [1.29, 1.82) is 0 Å². The molecule has 3 N–H and O–H groups in total. The van der Waals surface area contributed by atoms with Gasteiger partial charge in [-0.1, -0.05) is 32.9 Å². The number of piperidine rings is 1. The van der Waals surface area contributed by atoms with Crippen LogP contribution in [0.4, 0.5) is 5.69 Å². The molecule has 0 bridgehead atoms. The summed E-state index contributed by atoms with van der Waals surface area (Å²) in [6, 6.07) is 8.42. The van der Waals surface area contributed by atoms with E-state index in [1.54, 1.807) is 0 Å². The number of benzene rings is 1. The average molecular weight is 374 g/mol. The van der Waals surface area contributed by atoms with Gasteiger partial charge in [-0.3, -0.25) is 9.79 Å². The number of amides is 1. The average Bonchev–Trinajstić information content (AvgIpc) is 2.67. The van der Waals surface area contributed by atoms with E-state index in [-0.39, 0.29) is 11.8 Å². The zero-order valence-corrected chi connectivity index (χ0v) is 17.2. The molecule has 2 rings (SSSR count). The van der Waals surface area contributed by atoms with Crippen molar-refractivity contribution in [3.05, 3.63) is 29.8 Å². The summed E-state index contributed by atoms with van der Waals surface area (Å²) >= 11 is 0. The lowest BCUT2D eigenvalue weighted by Crippen LogP contribution is -2.48. The minimum Gasteiger partial charge on any atom is -0.354 e. The van der Waals surface area contributed by atoms with Crippen LogP contribution < -0.4 is 16.0 Å². The highest BCUT2D eigenvalue weighted by atomic mass is 16.1. The Kier molecular flexibility index (Phi) is 8.58. The van der Waals surface area contributed by atoms with Gasteiger partial charge in [0.2, 0.25) is 5.91 Å². The Hall–Kier alpha value is -2.08. The Morgan fingerprint density at radius 3 is 2.44 bits per heavy atom. The molecule has 0 aromatic heterocycles. The molecule has 6 heteroatoms. The van der Waals surface area contributed by atoms with Gasteiger partial charge in [0.15, 0.2) is 5.96 Å². The number of hydrogen-bond acceptors (Lipinski definition) is 3. The summed E-state index contributed by atoms with van der Waals surface area (Å²) < 4.78 is 0. The Morgan fingerprint density at radius 1 is 1.22 bits per heavy atom. The molecule has 0 aliphatic carbocycles. The SMILES string of the molecule is CCCN1CCC(NC(=NC)NCc2ccc(NC(=O)C(C)C)cc2)CC1. The molecule has 0 unspecified atom stereocenters. The number of anilines is 1. The molecule has 1 saturated heterocycles. The number of carbonyl (C=O) groups excluding carboxylic acids is 1. The summed E-state index contributed by atoms with van der Waals surface area (Å²) in [7, 11) is 1.81. The van der Waals surface area contributed by atoms with Crippen molar-refractivity contribution in [1.82, 2.24) is 15.5 Å². The van der Waals surface area contributed by atoms with Crippen molar-refractivity contribution in [2.24, 2.45) is 10.9 Å². The summed E-state index contributed by atoms with van der Waals surface area (Å²) in [6.45, 7) is 10.2. The van der Waals surface area contributed by atoms with Crippen LogP contribution in [0.25, 0.3) is 0 Å². The maximum Gasteiger partial charge on any atom is 0.226 e. The van der Waals surface area contributed by atoms with Crippen LogP contribution in [0, 0.1) is 5.92 Å². The summed E-state index contributed by atoms with van der Waals surface area (Å²) in [4.78, 5) is 18.6. The molecule has 1 aliphatic rings. The predicted molar refractivity (Wildman–Crippen MR) is 113 cm³/mol. The highest BCUT2D eigenvalue weighted by Gasteiger charge is 2.19. The van der Waals surface area contributed by atoms with Crippen molar-refractivity contribution in [3.63, 3.8) is 0 Å². The molecule has 6 nitrogen and oxygen atoms in total. The number of aliphatic imine (C=N–C) groups is 1. The largest absolute Gasteiger partial charge is 0.354 e. The minimum atomic E-state index is -0.0189. The van der Waals surface area contributed by atoms with Crippen LogP contribution >= 0.6 is 0 Å². The number of likely N-dealkylation sites (tertiary alicyclic amines) is 1. The van der Waals surface area contributed by atoms with Crippen LogP contribution in [0.15, 0.2) is 29.3 Å². The van der Waals surface area contributed by atoms with Crippen molar-refractivity contribution in [2.75, 3.05) is 32.0 Å². The molecule has 1 aromatic carbocycles. The fourth-order valence-electron chi connectivity index (χ4n) is 3.18. The molecule has 1 aromatic rings. The zero-order valence-electron chi connectivity index (χ0n) is 17.2. The second-order valence-electron chi connectivity index (χ2n) is 7.53. The summed E-state index contributed by atoms with van der Waals surface area (Å²) in [6.07, 6.45) is 3.54. The highest BCUT2D eigenvalue weighted by molar-refractivity contribution is 5.92. The maximum atomic E-state index is 11.7. The monoisotopic (exact) mass is 373 g/mol. The lowest BCUT2D eigenvalue weighted by molar-refractivity contribution is -0.118. The summed E-state index contributed by atoms with van der Waals surface area (Å²) in [5.74, 6) is 0.867. The molecule has 0 atom stereocenters. The van der Waals surface area contributed by atoms with Crippen molar-refractivity contribution in [3.8, 4) is 0 Å². The summed E-state index contributed by atoms with van der Waals surface area (Å²) in [5.41, 5.74) is 1.98. The number of carbonyl (C=O) groups is 1. The van der Waals surface area contributed by atoms with Gasteiger partial charge in [0, 0.05) is 44.3 Å². The molecule has 0 saturated carbocycles. The lowest BCUT2D eigenvalue weighted by atomic mass is 10.1. The number of nitrogens with zero attached hydrogens (tertiary/aromatic N) is 2. The Morgan fingerprint density at radius 2 is 1.89 bits per heavy atom. The Labute approximate surface area is 163 Å². The topological polar surface area (TPSA) is 68.8 Å². The van der Waals surface area contributed by atoms with Crippen LogP contribution in [0.5, 0.6) is 0 Å². The molecule has 1 amide bonds. The van der Waals surface area contributed by atoms with Gasteiger partial charge in [-0.2, -0.15) is 0 Å². The van der Waals surface area contributed by atoms with Gasteiger partial charge >= 0.3 is 0 Å². The first-order valence-corrected chi connectivity index (χ1v) is 10.1. The zero-order chi connectivity index (χ0) is 19.6. The third-order valence-electron chi connectivity index (χ3n) is 4.90. The van der Waals surface area contributed by atoms with Gasteiger partial charge in [0.25, 0.3) is 0 Å². The number of hydrogen-bond donors (Lipinski definition) is 3. The van der Waals surface area contributed by atoms with Gasteiger partial charge in [0.1, 0.15) is 0 Å². The van der Waals surface area contributed by atoms with Crippen LogP contribution in [-0.4, -0.2) is 49.5 Å². The van der Waals surface area contributed by atoms with E-state index in [0.717, 1.165) is 43.1 Å². The number of guanidine groups is 1. The first-order chi connectivity index (χ1) is 13.0. The fraction of sp³-hybridized carbons (Fsp3) is 0.619. The van der Waals surface area contributed by atoms with E-state index in [2.05, 4.69) is 32.8 Å². The Bertz CT molecular complexity index is 604. The second kappa shape index (κ2) is 10.9. The van der Waals surface area contributed by atoms with E-state index in [0.29, 0.717) is 12.6 Å². The van der Waals surface area contributed by atoms with E-state index in [9.17, 15) is 4.79 Å². The first-order valence-electron chi connectivity index (χ1n) is 10.1. The van der Waals surface area contributed by atoms with E-state index >= 15 is 0 Å². The summed E-state index contributed by atoms with van der Waals surface area (Å²) in [5, 5.41) is 9.84. The normalized spacial score (nSPS) is 16.4. The molecule has 27 heavy (non-hydrogen) atoms. The van der Waals surface area contributed by atoms with E-state index < -0.39 is 0 Å². The van der Waals surface area contributed by atoms with Gasteiger partial charge in [-0.05, 0) is 43.5 Å². The molecule has 0 spiro atoms. The molecule has 1 aliphatic heterocycles. The first kappa shape index (κ1) is 21.2. The van der Waals surface area contributed by atoms with Crippen LogP contribution in [0.1, 0.15) is 45.6 Å². The quantitative estimate of drug-likeness (QED) is 0.508. The van der Waals surface area contributed by atoms with Gasteiger partial charge in [-0.15, -0.1) is 0 Å². The smallest absolute Gasteiger partial charge is 0.226 e. The van der Waals surface area contributed by atoms with Crippen molar-refractivity contribution in [2.45, 2.75) is 52.6 Å². The maximum absolute atomic E-state index is 11.7. The number of rotatable bonds is 7. The lowest BCUT2D eigenvalue weighted by Gasteiger charge is -2.32. The minimum absolute atomic E-state index is 0.0189. The van der Waals surface area contributed by atoms with Gasteiger partial charge in [0.05, 0.1) is 0 Å². The van der Waals surface area contributed by atoms with Crippen LogP contribution in [0.3, 0.4) is 0 Å².